The lowest BCUT2D eigenvalue weighted by Gasteiger charge is -2.31. The van der Waals surface area contributed by atoms with Crippen molar-refractivity contribution in [2.45, 2.75) is 121 Å². The Morgan fingerprint density at radius 1 is 0.716 bits per heavy atom. The maximum Gasteiger partial charge on any atom is 0.261 e. The van der Waals surface area contributed by atoms with Gasteiger partial charge in [0.1, 0.15) is 48.3 Å². The van der Waals surface area contributed by atoms with Crippen molar-refractivity contribution in [1.29, 1.82) is 0 Å². The summed E-state index contributed by atoms with van der Waals surface area (Å²) in [6.07, 6.45) is 5.01. The predicted molar refractivity (Wildman–Crippen MR) is 300 cm³/mol. The van der Waals surface area contributed by atoms with Crippen molar-refractivity contribution in [2.24, 2.45) is 29.0 Å². The van der Waals surface area contributed by atoms with Gasteiger partial charge in [-0.2, -0.15) is 11.8 Å². The number of rotatable bonds is 32. The number of aromatic amines is 2. The minimum absolute atomic E-state index is 0.0823. The van der Waals surface area contributed by atoms with Crippen LogP contribution in [0.3, 0.4) is 0 Å². The minimum Gasteiger partial charge on any atom is -0.399 e. The number of nitrogens with two attached hydrogens (primary N) is 4. The fourth-order valence-corrected chi connectivity index (χ4v) is 8.87. The topological polar surface area (TPSA) is 444 Å². The number of H-pyrrole nitrogens is 2. The third kappa shape index (κ3) is 19.4. The van der Waals surface area contributed by atoms with E-state index in [4.69, 9.17) is 24.3 Å². The third-order valence-corrected chi connectivity index (χ3v) is 13.4. The third-order valence-electron chi connectivity index (χ3n) is 12.8. The quantitative estimate of drug-likeness (QED) is 0.0232. The molecule has 0 unspecified atom stereocenters. The van der Waals surface area contributed by atoms with E-state index in [2.05, 4.69) is 46.9 Å². The first-order valence-electron chi connectivity index (χ1n) is 26.5. The number of amides is 11. The van der Waals surface area contributed by atoms with Crippen LogP contribution in [0.2, 0.25) is 1.41 Å². The molecule has 0 spiro atoms. The van der Waals surface area contributed by atoms with Gasteiger partial charge in [0.15, 0.2) is 1.41 Å². The number of carbonyl (C=O) groups excluding carboxylic acids is 11. The van der Waals surface area contributed by atoms with Crippen molar-refractivity contribution in [3.63, 3.8) is 0 Å². The number of aromatic nitrogens is 3. The minimum atomic E-state index is -1.95. The lowest BCUT2D eigenvalue weighted by Crippen LogP contribution is -2.62. The van der Waals surface area contributed by atoms with Gasteiger partial charge in [-0.05, 0) is 85.9 Å². The van der Waals surface area contributed by atoms with Crippen LogP contribution in [0.15, 0.2) is 67.3 Å². The number of imidazole rings is 1. The van der Waals surface area contributed by atoms with Crippen molar-refractivity contribution in [3.8, 4) is 0 Å². The van der Waals surface area contributed by atoms with E-state index in [1.807, 2.05) is 20.1 Å². The highest BCUT2D eigenvalue weighted by molar-refractivity contribution is 7.98. The van der Waals surface area contributed by atoms with E-state index in [0.29, 0.717) is 32.8 Å². The van der Waals surface area contributed by atoms with Crippen molar-refractivity contribution >= 4 is 93.3 Å². The number of primary amides is 2. The van der Waals surface area contributed by atoms with Crippen LogP contribution in [0, 0.1) is 11.8 Å². The van der Waals surface area contributed by atoms with Crippen LogP contribution >= 0.6 is 11.8 Å². The number of nitrogens with zero attached hydrogens (tertiary/aromatic N) is 2. The molecule has 0 radical (unpaired) electrons. The highest BCUT2D eigenvalue weighted by Gasteiger charge is 2.39. The Morgan fingerprint density at radius 2 is 1.32 bits per heavy atom. The summed E-state index contributed by atoms with van der Waals surface area (Å²) < 4.78 is 8.93. The SMILES string of the molecule is [2H]N(C(=O)[C@H](CO)NC(=O)[C@H](Cc1c[nH]c2ccccc12)NC(=O)[C@H](CCC(N)=O)N(C(=O)CN)C(=O)c1ccc(N)cc1)[C@H](C(=O)N[C@@H](C)C(=O)N[C@@H](Cc1cnc[nH]1)C(=O)N[C@@H](CC(C)C)C(=O)N[C@@H](CCSC)C(N)=O)C(C)C. The maximum atomic E-state index is 14.5. The molecule has 28 heteroatoms. The molecular weight excluding hydrogens is 1070 g/mol. The first-order valence-corrected chi connectivity index (χ1v) is 27.5. The Kier molecular flexibility index (Phi) is 24.6. The Morgan fingerprint density at radius 3 is 1.90 bits per heavy atom. The Hall–Kier alpha value is -8.37. The van der Waals surface area contributed by atoms with Gasteiger partial charge >= 0.3 is 0 Å². The van der Waals surface area contributed by atoms with Gasteiger partial charge in [0, 0.05) is 59.5 Å². The fraction of sp³-hybridized carbons (Fsp3) is 0.472. The molecule has 0 aliphatic rings. The van der Waals surface area contributed by atoms with Crippen LogP contribution in [-0.4, -0.2) is 163 Å². The number of aliphatic hydroxyl groups is 1. The predicted octanol–water partition coefficient (Wildman–Crippen LogP) is -2.13. The number of benzene rings is 2. The average Bonchev–Trinajstić information content (AvgIpc) is 4.13. The van der Waals surface area contributed by atoms with E-state index in [1.54, 1.807) is 30.5 Å². The number of aliphatic hydroxyl groups excluding tert-OH is 1. The molecule has 81 heavy (non-hydrogen) atoms. The Labute approximate surface area is 473 Å². The number of carbonyl (C=O) groups is 11. The summed E-state index contributed by atoms with van der Waals surface area (Å²) >= 11 is 1.44. The summed E-state index contributed by atoms with van der Waals surface area (Å²) in [5, 5.41) is 26.7. The van der Waals surface area contributed by atoms with Crippen LogP contribution < -0.4 is 60.1 Å². The van der Waals surface area contributed by atoms with E-state index >= 15 is 0 Å². The number of hydrogen-bond acceptors (Lipinski definition) is 16. The van der Waals surface area contributed by atoms with Gasteiger partial charge in [-0.25, -0.2) is 4.98 Å². The number of thioether (sulfide) groups is 1. The van der Waals surface area contributed by atoms with E-state index < -0.39 is 145 Å². The molecule has 0 saturated carbocycles. The van der Waals surface area contributed by atoms with Crippen LogP contribution in [0.1, 0.15) is 81.9 Å². The van der Waals surface area contributed by atoms with E-state index in [9.17, 15) is 57.8 Å². The van der Waals surface area contributed by atoms with Gasteiger partial charge in [0.25, 0.3) is 5.91 Å². The zero-order valence-electron chi connectivity index (χ0n) is 47.0. The number of hydrogen-bond donors (Lipinski definition) is 14. The number of imide groups is 1. The second-order valence-corrected chi connectivity index (χ2v) is 20.9. The van der Waals surface area contributed by atoms with Gasteiger partial charge in [0.05, 0.1) is 19.5 Å². The molecule has 4 rings (SSSR count). The standard InChI is InChI=1S/C53H75N15O12S/c1-27(2)19-37(47(74)62-36(45(57)72)17-18-81-6)64-49(76)39(21-33-24-58-26-60-33)63-46(73)29(5)61-52(79)44(28(3)4)67-50(77)40(25-69)66-48(75)38(20-31-23-59-35-10-8-7-9-34(31)35)65-51(78)41(15-16-42(56)70)68(43(71)22-54)53(80)30-11-13-32(55)14-12-30/h7-14,23-24,26-29,36-41,44,59,69H,15-22,25,54-55H2,1-6H3,(H2,56,70)(H2,57,72)(H,58,60)(H,61,79)(H,62,74)(H,63,73)(H,64,76)(H,65,78)(H,66,75)(H,67,77)/t29-,36-,37-,38-,39-,40-,41-,44-/m0/s1/i/hD. The molecule has 4 aromatic rings. The molecule has 2 aromatic heterocycles. The molecule has 440 valence electrons. The van der Waals surface area contributed by atoms with Crippen LogP contribution in [0.4, 0.5) is 5.69 Å². The van der Waals surface area contributed by atoms with Crippen LogP contribution in [0.5, 0.6) is 0 Å². The smallest absolute Gasteiger partial charge is 0.261 e. The Balaban J connectivity index is 1.58. The van der Waals surface area contributed by atoms with Crippen molar-refractivity contribution in [3.05, 3.63) is 84.1 Å². The monoisotopic (exact) mass is 1150 g/mol. The number of fused-ring (bicyclic) bond motifs is 1. The fourth-order valence-electron chi connectivity index (χ4n) is 8.40. The molecule has 0 fully saturated rings. The lowest BCUT2D eigenvalue weighted by molar-refractivity contribution is -0.139. The molecule has 8 atom stereocenters. The summed E-state index contributed by atoms with van der Waals surface area (Å²) in [6, 6.07) is 0.197. The molecule has 11 amide bonds. The Bertz CT molecular complexity index is 2890. The number of anilines is 1. The van der Waals surface area contributed by atoms with Crippen molar-refractivity contribution in [1.82, 2.24) is 57.1 Å². The molecular formula is C53H75N15O12S. The number of para-hydroxylation sites is 1. The molecule has 0 aliphatic heterocycles. The van der Waals surface area contributed by atoms with Gasteiger partial charge in [0.2, 0.25) is 59.1 Å². The van der Waals surface area contributed by atoms with Gasteiger partial charge < -0.3 is 75.2 Å². The summed E-state index contributed by atoms with van der Waals surface area (Å²) in [7, 11) is 0. The molecule has 18 N–H and O–H groups in total. The molecule has 0 aliphatic carbocycles. The largest absolute Gasteiger partial charge is 0.399 e. The molecule has 0 bridgehead atoms. The molecule has 2 heterocycles. The van der Waals surface area contributed by atoms with E-state index in [1.165, 1.54) is 69.3 Å². The number of nitrogens with one attached hydrogen (secondary N) is 9. The molecule has 27 nitrogen and oxygen atoms in total. The molecule has 0 saturated heterocycles. The summed E-state index contributed by atoms with van der Waals surface area (Å²) in [6.45, 7) is 5.97. The highest BCUT2D eigenvalue weighted by Crippen LogP contribution is 2.21. The van der Waals surface area contributed by atoms with E-state index in [0.717, 1.165) is 0 Å². The van der Waals surface area contributed by atoms with Crippen LogP contribution in [0.25, 0.3) is 10.9 Å². The zero-order valence-corrected chi connectivity index (χ0v) is 46.8. The summed E-state index contributed by atoms with van der Waals surface area (Å²) in [5.41, 5.74) is 24.2. The van der Waals surface area contributed by atoms with Gasteiger partial charge in [-0.1, -0.05) is 45.9 Å². The first-order chi connectivity index (χ1) is 38.8. The van der Waals surface area contributed by atoms with Crippen molar-refractivity contribution < 1.29 is 59.3 Å². The van der Waals surface area contributed by atoms with Crippen LogP contribution in [-0.2, 0) is 60.8 Å². The molecule has 2 aromatic carbocycles. The highest BCUT2D eigenvalue weighted by atomic mass is 32.2. The normalized spacial score (nSPS) is 14.4. The van der Waals surface area contributed by atoms with E-state index in [-0.39, 0.29) is 48.2 Å². The van der Waals surface area contributed by atoms with Crippen molar-refractivity contribution in [2.75, 3.05) is 30.9 Å². The summed E-state index contributed by atoms with van der Waals surface area (Å²) in [4.78, 5) is 161. The first kappa shape index (κ1) is 63.5. The maximum absolute atomic E-state index is 14.5. The lowest BCUT2D eigenvalue weighted by atomic mass is 10.0. The van der Waals surface area contributed by atoms with Gasteiger partial charge in [-0.3, -0.25) is 57.6 Å². The average molecular weight is 1150 g/mol. The van der Waals surface area contributed by atoms with Gasteiger partial charge in [-0.15, -0.1) is 0 Å². The zero-order chi connectivity index (χ0) is 61.0. The second kappa shape index (κ2) is 31.4. The summed E-state index contributed by atoms with van der Waals surface area (Å²) in [5.74, 6) is -11.1. The second-order valence-electron chi connectivity index (χ2n) is 19.9. The number of nitrogen functional groups attached to an aromatic ring is 1.